The largest absolute Gasteiger partial charge is 0.489 e. The second-order valence-corrected chi connectivity index (χ2v) is 3.46. The summed E-state index contributed by atoms with van der Waals surface area (Å²) < 4.78 is 5.71. The Morgan fingerprint density at radius 1 is 1.07 bits per heavy atom. The average molecular weight is 197 g/mol. The van der Waals surface area contributed by atoms with Gasteiger partial charge in [0, 0.05) is 0 Å². The molecule has 1 radical (unpaired) electrons. The molecular weight excluding hydrogens is 184 g/mol. The molecule has 0 bridgehead atoms. The van der Waals surface area contributed by atoms with Gasteiger partial charge in [0.25, 0.3) is 0 Å². The maximum absolute atomic E-state index is 5.71. The monoisotopic (exact) mass is 197 g/mol. The summed E-state index contributed by atoms with van der Waals surface area (Å²) >= 11 is 0. The lowest BCUT2D eigenvalue weighted by Gasteiger charge is -2.08. The highest BCUT2D eigenvalue weighted by Gasteiger charge is 1.97. The Morgan fingerprint density at radius 3 is 2.53 bits per heavy atom. The zero-order valence-corrected chi connectivity index (χ0v) is 8.73. The first-order valence-electron chi connectivity index (χ1n) is 5.00. The van der Waals surface area contributed by atoms with Gasteiger partial charge in [-0.05, 0) is 30.2 Å². The van der Waals surface area contributed by atoms with E-state index in [-0.39, 0.29) is 0 Å². The molecule has 0 aromatic heterocycles. The van der Waals surface area contributed by atoms with Gasteiger partial charge < -0.3 is 4.74 Å². The van der Waals surface area contributed by atoms with E-state index in [1.165, 1.54) is 5.56 Å². The fourth-order valence-electron chi connectivity index (χ4n) is 1.40. The van der Waals surface area contributed by atoms with Gasteiger partial charge in [-0.15, -0.1) is 0 Å². The van der Waals surface area contributed by atoms with Gasteiger partial charge in [-0.25, -0.2) is 0 Å². The van der Waals surface area contributed by atoms with Gasteiger partial charge in [0.2, 0.25) is 0 Å². The Hall–Kier alpha value is -1.76. The van der Waals surface area contributed by atoms with Crippen LogP contribution in [0.3, 0.4) is 0 Å². The lowest BCUT2D eigenvalue weighted by atomic mass is 10.2. The predicted molar refractivity (Wildman–Crippen MR) is 60.8 cm³/mol. The van der Waals surface area contributed by atoms with Crippen LogP contribution in [0.5, 0.6) is 5.75 Å². The molecule has 0 atom stereocenters. The molecule has 0 heterocycles. The molecular formula is C14H13O. The molecule has 1 nitrogen and oxygen atoms in total. The van der Waals surface area contributed by atoms with E-state index in [2.05, 4.69) is 6.07 Å². The first-order valence-corrected chi connectivity index (χ1v) is 5.00. The number of aryl methyl sites for hydroxylation is 1. The second-order valence-electron chi connectivity index (χ2n) is 3.46. The van der Waals surface area contributed by atoms with E-state index >= 15 is 0 Å². The fraction of sp³-hybridized carbons (Fsp3) is 0.143. The standard InChI is InChI=1S/C14H13O/c1-12-7-5-6-10-14(12)15-11-13-8-3-2-4-9-13/h3-10H,11H2,1H3. The van der Waals surface area contributed by atoms with Crippen molar-refractivity contribution in [3.05, 3.63) is 65.7 Å². The third kappa shape index (κ3) is 2.59. The summed E-state index contributed by atoms with van der Waals surface area (Å²) in [5, 5.41) is 0. The molecule has 1 heteroatoms. The molecule has 0 aliphatic carbocycles. The number of para-hydroxylation sites is 1. The minimum atomic E-state index is 0.611. The molecule has 0 aliphatic heterocycles. The number of rotatable bonds is 3. The number of hydrogen-bond acceptors (Lipinski definition) is 1. The summed E-state index contributed by atoms with van der Waals surface area (Å²) in [5.74, 6) is 0.949. The van der Waals surface area contributed by atoms with Crippen LogP contribution in [0.1, 0.15) is 11.1 Å². The maximum Gasteiger partial charge on any atom is 0.122 e. The third-order valence-corrected chi connectivity index (χ3v) is 2.28. The molecule has 0 spiro atoms. The zero-order valence-electron chi connectivity index (χ0n) is 8.73. The van der Waals surface area contributed by atoms with Crippen LogP contribution in [-0.4, -0.2) is 0 Å². The van der Waals surface area contributed by atoms with Gasteiger partial charge in [-0.1, -0.05) is 42.5 Å². The van der Waals surface area contributed by atoms with Crippen molar-refractivity contribution >= 4 is 0 Å². The summed E-state index contributed by atoms with van der Waals surface area (Å²) in [7, 11) is 0. The van der Waals surface area contributed by atoms with Crippen molar-refractivity contribution in [2.24, 2.45) is 0 Å². The van der Waals surface area contributed by atoms with Crippen LogP contribution in [0.15, 0.2) is 48.5 Å². The van der Waals surface area contributed by atoms with E-state index < -0.39 is 0 Å². The van der Waals surface area contributed by atoms with Crippen LogP contribution in [0, 0.1) is 13.0 Å². The Bertz CT molecular complexity index is 420. The highest BCUT2D eigenvalue weighted by molar-refractivity contribution is 5.32. The lowest BCUT2D eigenvalue weighted by molar-refractivity contribution is 0.304. The van der Waals surface area contributed by atoms with E-state index in [0.29, 0.717) is 6.61 Å². The third-order valence-electron chi connectivity index (χ3n) is 2.28. The Kier molecular flexibility index (Phi) is 3.03. The molecule has 0 aliphatic rings. The van der Waals surface area contributed by atoms with Crippen molar-refractivity contribution in [1.82, 2.24) is 0 Å². The Morgan fingerprint density at radius 2 is 1.80 bits per heavy atom. The van der Waals surface area contributed by atoms with Crippen LogP contribution >= 0.6 is 0 Å². The number of ether oxygens (including phenoxy) is 1. The van der Waals surface area contributed by atoms with Gasteiger partial charge in [-0.3, -0.25) is 0 Å². The fourth-order valence-corrected chi connectivity index (χ4v) is 1.40. The van der Waals surface area contributed by atoms with Crippen LogP contribution in [-0.2, 0) is 6.61 Å². The molecule has 2 aromatic carbocycles. The van der Waals surface area contributed by atoms with Crippen molar-refractivity contribution in [2.45, 2.75) is 13.5 Å². The maximum atomic E-state index is 5.71. The molecule has 2 aromatic rings. The van der Waals surface area contributed by atoms with Crippen molar-refractivity contribution in [3.8, 4) is 5.75 Å². The molecule has 75 valence electrons. The number of benzene rings is 2. The Balaban J connectivity index is 2.03. The summed E-state index contributed by atoms with van der Waals surface area (Å²) in [4.78, 5) is 0. The predicted octanol–water partition coefficient (Wildman–Crippen LogP) is 3.37. The van der Waals surface area contributed by atoms with Crippen LogP contribution in [0.25, 0.3) is 0 Å². The summed E-state index contributed by atoms with van der Waals surface area (Å²) in [6.07, 6.45) is 0. The molecule has 0 amide bonds. The second kappa shape index (κ2) is 4.65. The lowest BCUT2D eigenvalue weighted by Crippen LogP contribution is -1.96. The first kappa shape index (κ1) is 9.78. The molecule has 0 unspecified atom stereocenters. The van der Waals surface area contributed by atoms with Gasteiger partial charge in [0.05, 0.1) is 0 Å². The van der Waals surface area contributed by atoms with E-state index in [4.69, 9.17) is 4.74 Å². The highest BCUT2D eigenvalue weighted by atomic mass is 16.5. The quantitative estimate of drug-likeness (QED) is 0.733. The smallest absolute Gasteiger partial charge is 0.122 e. The van der Waals surface area contributed by atoms with Gasteiger partial charge in [-0.2, -0.15) is 0 Å². The first-order chi connectivity index (χ1) is 7.36. The SMILES string of the molecule is Cc1ccccc1OCc1cc[c]cc1. The molecule has 0 saturated heterocycles. The average Bonchev–Trinajstić information content (AvgIpc) is 2.29. The van der Waals surface area contributed by atoms with Gasteiger partial charge in [0.15, 0.2) is 0 Å². The molecule has 2 rings (SSSR count). The normalized spacial score (nSPS) is 9.93. The van der Waals surface area contributed by atoms with Crippen molar-refractivity contribution < 1.29 is 4.74 Å². The van der Waals surface area contributed by atoms with E-state index in [1.54, 1.807) is 0 Å². The van der Waals surface area contributed by atoms with Crippen LogP contribution in [0.4, 0.5) is 0 Å². The van der Waals surface area contributed by atoms with Gasteiger partial charge in [0.1, 0.15) is 12.4 Å². The highest BCUT2D eigenvalue weighted by Crippen LogP contribution is 2.17. The van der Waals surface area contributed by atoms with Crippen LogP contribution < -0.4 is 4.74 Å². The summed E-state index contributed by atoms with van der Waals surface area (Å²) in [6, 6.07) is 18.9. The molecule has 0 N–H and O–H groups in total. The Labute approximate surface area is 90.3 Å². The van der Waals surface area contributed by atoms with E-state index in [9.17, 15) is 0 Å². The topological polar surface area (TPSA) is 9.23 Å². The minimum Gasteiger partial charge on any atom is -0.489 e. The van der Waals surface area contributed by atoms with Crippen molar-refractivity contribution in [1.29, 1.82) is 0 Å². The molecule has 0 saturated carbocycles. The van der Waals surface area contributed by atoms with Crippen molar-refractivity contribution in [2.75, 3.05) is 0 Å². The van der Waals surface area contributed by atoms with E-state index in [1.807, 2.05) is 55.5 Å². The van der Waals surface area contributed by atoms with Crippen molar-refractivity contribution in [3.63, 3.8) is 0 Å². The van der Waals surface area contributed by atoms with Crippen LogP contribution in [0.2, 0.25) is 0 Å². The molecule has 15 heavy (non-hydrogen) atoms. The summed E-state index contributed by atoms with van der Waals surface area (Å²) in [6.45, 7) is 2.66. The number of hydrogen-bond donors (Lipinski definition) is 0. The summed E-state index contributed by atoms with van der Waals surface area (Å²) in [5.41, 5.74) is 2.33. The zero-order chi connectivity index (χ0) is 10.5. The van der Waals surface area contributed by atoms with Gasteiger partial charge >= 0.3 is 0 Å². The molecule has 0 fully saturated rings. The van der Waals surface area contributed by atoms with E-state index in [0.717, 1.165) is 11.3 Å². The minimum absolute atomic E-state index is 0.611.